The molecule has 0 fully saturated rings. The smallest absolute Gasteiger partial charge is 0.337 e. The molecule has 8 nitrogen and oxygen atoms in total. The highest BCUT2D eigenvalue weighted by atomic mass is 35.5. The van der Waals surface area contributed by atoms with Crippen LogP contribution in [0.4, 0.5) is 4.79 Å². The second kappa shape index (κ2) is 7.01. The summed E-state index contributed by atoms with van der Waals surface area (Å²) in [5.74, 6) is -0.587. The summed E-state index contributed by atoms with van der Waals surface area (Å²) in [6, 6.07) is -1.06. The number of halogens is 2. The summed E-state index contributed by atoms with van der Waals surface area (Å²) < 4.78 is 5.99. The molecule has 0 saturated carbocycles. The molecular weight excluding hydrogens is 347 g/mol. The summed E-state index contributed by atoms with van der Waals surface area (Å²) in [6.45, 7) is 3.33. The topological polar surface area (TPSA) is 102 Å². The third kappa shape index (κ3) is 3.65. The van der Waals surface area contributed by atoms with Crippen LogP contribution in [0.15, 0.2) is 22.3 Å². The first-order valence-electron chi connectivity index (χ1n) is 6.74. The maximum Gasteiger partial charge on any atom is 0.337 e. The molecule has 1 aliphatic rings. The number of esters is 1. The van der Waals surface area contributed by atoms with Crippen molar-refractivity contribution in [3.8, 4) is 0 Å². The van der Waals surface area contributed by atoms with Gasteiger partial charge >= 0.3 is 12.0 Å². The maximum atomic E-state index is 12.1. The molecule has 2 amide bonds. The van der Waals surface area contributed by atoms with E-state index in [9.17, 15) is 14.4 Å². The number of amides is 2. The van der Waals surface area contributed by atoms with Gasteiger partial charge < -0.3 is 15.4 Å². The van der Waals surface area contributed by atoms with E-state index in [0.717, 1.165) is 4.68 Å². The van der Waals surface area contributed by atoms with Crippen molar-refractivity contribution in [3.05, 3.63) is 37.9 Å². The Morgan fingerprint density at radius 2 is 2.13 bits per heavy atom. The van der Waals surface area contributed by atoms with Gasteiger partial charge in [-0.05, 0) is 13.8 Å². The third-order valence-corrected chi connectivity index (χ3v) is 3.86. The van der Waals surface area contributed by atoms with Crippen LogP contribution in [0, 0.1) is 0 Å². The van der Waals surface area contributed by atoms with Gasteiger partial charge in [0.25, 0.3) is 5.56 Å². The van der Waals surface area contributed by atoms with Crippen LogP contribution in [-0.4, -0.2) is 34.4 Å². The van der Waals surface area contributed by atoms with Gasteiger partial charge in [-0.15, -0.1) is 0 Å². The Morgan fingerprint density at radius 1 is 1.43 bits per heavy atom. The van der Waals surface area contributed by atoms with E-state index in [1.165, 1.54) is 6.20 Å². The van der Waals surface area contributed by atoms with Crippen LogP contribution in [0.5, 0.6) is 0 Å². The summed E-state index contributed by atoms with van der Waals surface area (Å²) in [4.78, 5) is 35.8. The van der Waals surface area contributed by atoms with Crippen molar-refractivity contribution in [3.63, 3.8) is 0 Å². The Labute approximate surface area is 141 Å². The monoisotopic (exact) mass is 360 g/mol. The number of nitrogens with one attached hydrogen (secondary N) is 2. The molecular formula is C13H14Cl2N4O4. The molecule has 23 heavy (non-hydrogen) atoms. The molecule has 2 heterocycles. The number of ether oxygens (including phenoxy) is 1. The SMILES string of the molecule is CCOC(=O)C1=C(Cn2ncc(Cl)c(Cl)c2=O)NC(=O)N[C@H]1C. The third-order valence-electron chi connectivity index (χ3n) is 3.12. The van der Waals surface area contributed by atoms with Gasteiger partial charge in [-0.1, -0.05) is 23.2 Å². The largest absolute Gasteiger partial charge is 0.463 e. The molecule has 124 valence electrons. The Kier molecular flexibility index (Phi) is 5.27. The van der Waals surface area contributed by atoms with Crippen LogP contribution >= 0.6 is 23.2 Å². The number of hydrogen-bond acceptors (Lipinski definition) is 5. The van der Waals surface area contributed by atoms with Crippen molar-refractivity contribution >= 4 is 35.2 Å². The molecule has 2 N–H and O–H groups in total. The normalized spacial score (nSPS) is 17.6. The van der Waals surface area contributed by atoms with Gasteiger partial charge in [-0.2, -0.15) is 5.10 Å². The van der Waals surface area contributed by atoms with E-state index in [1.807, 2.05) is 0 Å². The minimum absolute atomic E-state index is 0.0234. The van der Waals surface area contributed by atoms with Gasteiger partial charge in [0.05, 0.1) is 41.7 Å². The summed E-state index contributed by atoms with van der Waals surface area (Å²) >= 11 is 11.5. The maximum absolute atomic E-state index is 12.1. The van der Waals surface area contributed by atoms with Crippen LogP contribution in [0.3, 0.4) is 0 Å². The minimum Gasteiger partial charge on any atom is -0.463 e. The van der Waals surface area contributed by atoms with Gasteiger partial charge in [0.1, 0.15) is 5.02 Å². The van der Waals surface area contributed by atoms with Gasteiger partial charge in [0.2, 0.25) is 0 Å². The minimum atomic E-state index is -0.629. The molecule has 0 radical (unpaired) electrons. The number of urea groups is 1. The summed E-state index contributed by atoms with van der Waals surface area (Å²) in [5.41, 5.74) is -0.200. The number of aromatic nitrogens is 2. The van der Waals surface area contributed by atoms with Crippen molar-refractivity contribution in [1.82, 2.24) is 20.4 Å². The fourth-order valence-corrected chi connectivity index (χ4v) is 2.38. The predicted molar refractivity (Wildman–Crippen MR) is 83.3 cm³/mol. The van der Waals surface area contributed by atoms with E-state index in [1.54, 1.807) is 13.8 Å². The fraction of sp³-hybridized carbons (Fsp3) is 0.385. The molecule has 2 rings (SSSR count). The van der Waals surface area contributed by atoms with E-state index < -0.39 is 23.6 Å². The lowest BCUT2D eigenvalue weighted by Crippen LogP contribution is -2.50. The zero-order valence-corrected chi connectivity index (χ0v) is 13.9. The molecule has 1 aromatic heterocycles. The first-order chi connectivity index (χ1) is 10.8. The number of hydrogen-bond donors (Lipinski definition) is 2. The average molecular weight is 361 g/mol. The molecule has 0 aromatic carbocycles. The standard InChI is InChI=1S/C13H14Cl2N4O4/c1-3-23-12(21)9-6(2)17-13(22)18-8(9)5-19-11(20)10(15)7(14)4-16-19/h4,6H,3,5H2,1-2H3,(H2,17,18,22)/t6-/m0/s1. The van der Waals surface area contributed by atoms with E-state index in [0.29, 0.717) is 0 Å². The second-order valence-electron chi connectivity index (χ2n) is 4.70. The molecule has 1 aliphatic heterocycles. The quantitative estimate of drug-likeness (QED) is 0.781. The zero-order chi connectivity index (χ0) is 17.1. The summed E-state index contributed by atoms with van der Waals surface area (Å²) in [5, 5.41) is 8.74. The number of carbonyl (C=O) groups is 2. The lowest BCUT2D eigenvalue weighted by atomic mass is 10.0. The summed E-state index contributed by atoms with van der Waals surface area (Å²) in [6.07, 6.45) is 1.21. The molecule has 1 aromatic rings. The van der Waals surface area contributed by atoms with Crippen molar-refractivity contribution in [2.45, 2.75) is 26.4 Å². The van der Waals surface area contributed by atoms with Crippen molar-refractivity contribution in [2.75, 3.05) is 6.61 Å². The van der Waals surface area contributed by atoms with Crippen LogP contribution in [0.2, 0.25) is 10.0 Å². The number of nitrogens with zero attached hydrogens (tertiary/aromatic N) is 2. The second-order valence-corrected chi connectivity index (χ2v) is 5.49. The highest BCUT2D eigenvalue weighted by molar-refractivity contribution is 6.41. The average Bonchev–Trinajstić information content (AvgIpc) is 2.47. The molecule has 0 saturated heterocycles. The predicted octanol–water partition coefficient (Wildman–Crippen LogP) is 1.07. The number of carbonyl (C=O) groups excluding carboxylic acids is 2. The first-order valence-corrected chi connectivity index (χ1v) is 7.49. The fourth-order valence-electron chi connectivity index (χ4n) is 2.11. The van der Waals surface area contributed by atoms with Crippen LogP contribution in [0.25, 0.3) is 0 Å². The lowest BCUT2D eigenvalue weighted by Gasteiger charge is -2.26. The molecule has 0 unspecified atom stereocenters. The number of allylic oxidation sites excluding steroid dienone is 1. The summed E-state index contributed by atoms with van der Waals surface area (Å²) in [7, 11) is 0. The van der Waals surface area contributed by atoms with Gasteiger partial charge in [0.15, 0.2) is 0 Å². The Bertz CT molecular complexity index is 744. The van der Waals surface area contributed by atoms with Crippen molar-refractivity contribution < 1.29 is 14.3 Å². The molecule has 10 heteroatoms. The zero-order valence-electron chi connectivity index (χ0n) is 12.4. The number of rotatable bonds is 4. The highest BCUT2D eigenvalue weighted by Gasteiger charge is 2.30. The molecule has 1 atom stereocenters. The van der Waals surface area contributed by atoms with E-state index in [-0.39, 0.29) is 34.5 Å². The van der Waals surface area contributed by atoms with E-state index >= 15 is 0 Å². The van der Waals surface area contributed by atoms with Gasteiger partial charge in [0, 0.05) is 0 Å². The Hall–Kier alpha value is -2.06. The molecule has 0 bridgehead atoms. The van der Waals surface area contributed by atoms with Crippen LogP contribution in [0.1, 0.15) is 13.8 Å². The Morgan fingerprint density at radius 3 is 2.78 bits per heavy atom. The van der Waals surface area contributed by atoms with Crippen molar-refractivity contribution in [2.24, 2.45) is 0 Å². The molecule has 0 spiro atoms. The van der Waals surface area contributed by atoms with Crippen LogP contribution < -0.4 is 16.2 Å². The van der Waals surface area contributed by atoms with Gasteiger partial charge in [-0.25, -0.2) is 14.3 Å². The van der Waals surface area contributed by atoms with Gasteiger partial charge in [-0.3, -0.25) is 4.79 Å². The van der Waals surface area contributed by atoms with E-state index in [4.69, 9.17) is 27.9 Å². The van der Waals surface area contributed by atoms with Crippen molar-refractivity contribution in [1.29, 1.82) is 0 Å². The first kappa shape index (κ1) is 17.3. The molecule has 0 aliphatic carbocycles. The Balaban J connectivity index is 2.45. The van der Waals surface area contributed by atoms with E-state index in [2.05, 4.69) is 15.7 Å². The highest BCUT2D eigenvalue weighted by Crippen LogP contribution is 2.17. The lowest BCUT2D eigenvalue weighted by molar-refractivity contribution is -0.139. The van der Waals surface area contributed by atoms with Crippen LogP contribution in [-0.2, 0) is 16.1 Å².